The van der Waals surface area contributed by atoms with Crippen molar-refractivity contribution in [3.05, 3.63) is 47.0 Å². The number of rotatable bonds is 6. The average molecular weight is 320 g/mol. The van der Waals surface area contributed by atoms with Gasteiger partial charge in [0.15, 0.2) is 11.5 Å². The van der Waals surface area contributed by atoms with Crippen LogP contribution in [0.15, 0.2) is 35.6 Å². The van der Waals surface area contributed by atoms with Crippen molar-refractivity contribution in [3.8, 4) is 0 Å². The van der Waals surface area contributed by atoms with Crippen LogP contribution in [0.5, 0.6) is 0 Å². The molecule has 0 radical (unpaired) electrons. The van der Waals surface area contributed by atoms with Gasteiger partial charge >= 0.3 is 0 Å². The van der Waals surface area contributed by atoms with Crippen LogP contribution >= 0.6 is 0 Å². The van der Waals surface area contributed by atoms with E-state index in [0.29, 0.717) is 0 Å². The molecule has 1 aromatic carbocycles. The quantitative estimate of drug-likeness (QED) is 0.829. The number of nitrogens with zero attached hydrogens (tertiary/aromatic N) is 1. The molecule has 1 aliphatic heterocycles. The molecule has 1 aliphatic rings. The van der Waals surface area contributed by atoms with E-state index >= 15 is 0 Å². The number of benzene rings is 1. The predicted molar refractivity (Wildman–Crippen MR) is 75.4 cm³/mol. The third-order valence-corrected chi connectivity index (χ3v) is 3.66. The third kappa shape index (κ3) is 3.23. The van der Waals surface area contributed by atoms with Gasteiger partial charge in [-0.2, -0.15) is 0 Å². The van der Waals surface area contributed by atoms with E-state index in [1.807, 2.05) is 0 Å². The highest BCUT2D eigenvalue weighted by Crippen LogP contribution is 2.38. The minimum atomic E-state index is -1.27. The molecule has 1 N–H and O–H groups in total. The summed E-state index contributed by atoms with van der Waals surface area (Å²) in [5.41, 5.74) is -0.114. The zero-order chi connectivity index (χ0) is 17.1. The first-order valence-electron chi connectivity index (χ1n) is 7.04. The van der Waals surface area contributed by atoms with E-state index in [4.69, 9.17) is 0 Å². The Kier molecular flexibility index (Phi) is 4.78. The van der Waals surface area contributed by atoms with E-state index in [9.17, 15) is 29.0 Å². The van der Waals surface area contributed by atoms with Gasteiger partial charge in [-0.05, 0) is 25.8 Å². The highest BCUT2D eigenvalue weighted by Gasteiger charge is 2.42. The van der Waals surface area contributed by atoms with Gasteiger partial charge in [0, 0.05) is 18.1 Å². The van der Waals surface area contributed by atoms with Crippen LogP contribution in [0.3, 0.4) is 0 Å². The number of aliphatic hydroxyl groups excluding tert-OH is 1. The molecular formula is C16H15FNO5-. The molecule has 7 heteroatoms. The van der Waals surface area contributed by atoms with Gasteiger partial charge in [0.05, 0.1) is 11.6 Å². The first-order chi connectivity index (χ1) is 10.8. The molecule has 0 aliphatic carbocycles. The topological polar surface area (TPSA) is 97.7 Å². The van der Waals surface area contributed by atoms with Crippen LogP contribution in [0, 0.1) is 5.82 Å². The van der Waals surface area contributed by atoms with Crippen molar-refractivity contribution in [2.24, 2.45) is 0 Å². The van der Waals surface area contributed by atoms with E-state index in [1.165, 1.54) is 25.1 Å². The van der Waals surface area contributed by atoms with Gasteiger partial charge in [-0.3, -0.25) is 9.59 Å². The zero-order valence-electron chi connectivity index (χ0n) is 12.4. The molecule has 0 aromatic heterocycles. The van der Waals surface area contributed by atoms with Crippen molar-refractivity contribution in [2.75, 3.05) is 6.54 Å². The van der Waals surface area contributed by atoms with Gasteiger partial charge in [0.25, 0.3) is 5.91 Å². The predicted octanol–water partition coefficient (Wildman–Crippen LogP) is 0.640. The van der Waals surface area contributed by atoms with Crippen molar-refractivity contribution in [3.63, 3.8) is 0 Å². The van der Waals surface area contributed by atoms with Crippen LogP contribution < -0.4 is 5.11 Å². The van der Waals surface area contributed by atoms with Gasteiger partial charge in [-0.25, -0.2) is 4.39 Å². The molecule has 0 unspecified atom stereocenters. The van der Waals surface area contributed by atoms with Gasteiger partial charge in [-0.1, -0.05) is 18.2 Å². The second kappa shape index (κ2) is 6.60. The fourth-order valence-electron chi connectivity index (χ4n) is 2.66. The third-order valence-electron chi connectivity index (χ3n) is 3.66. The standard InChI is InChI=1S/C16H16FNO5/c1-9(19)13-14(10-5-2-3-6-11(10)17)18(16(23)15(13)22)8-4-7-12(20)21/h2-3,5-6,14,22H,4,7-8H2,1H3,(H,20,21)/p-1/t14-/m1/s1. The van der Waals surface area contributed by atoms with Gasteiger partial charge in [0.1, 0.15) is 5.82 Å². The molecule has 23 heavy (non-hydrogen) atoms. The summed E-state index contributed by atoms with van der Waals surface area (Å²) in [6.45, 7) is 1.13. The molecule has 0 fully saturated rings. The van der Waals surface area contributed by atoms with Crippen LogP contribution in [0.2, 0.25) is 0 Å². The Morgan fingerprint density at radius 1 is 1.35 bits per heavy atom. The summed E-state index contributed by atoms with van der Waals surface area (Å²) in [4.78, 5) is 35.6. The molecule has 0 saturated heterocycles. The van der Waals surface area contributed by atoms with Gasteiger partial charge in [0.2, 0.25) is 0 Å². The lowest BCUT2D eigenvalue weighted by molar-refractivity contribution is -0.305. The number of carbonyl (C=O) groups is 3. The van der Waals surface area contributed by atoms with Crippen LogP contribution in [-0.4, -0.2) is 34.2 Å². The fourth-order valence-corrected chi connectivity index (χ4v) is 2.66. The van der Waals surface area contributed by atoms with Crippen molar-refractivity contribution in [1.29, 1.82) is 0 Å². The summed E-state index contributed by atoms with van der Waals surface area (Å²) < 4.78 is 14.1. The zero-order valence-corrected chi connectivity index (χ0v) is 12.4. The summed E-state index contributed by atoms with van der Waals surface area (Å²) in [6, 6.07) is 4.55. The molecule has 2 rings (SSSR count). The first-order valence-corrected chi connectivity index (χ1v) is 7.04. The normalized spacial score (nSPS) is 17.7. The number of carboxylic acids is 1. The van der Waals surface area contributed by atoms with Crippen molar-refractivity contribution in [2.45, 2.75) is 25.8 Å². The number of amides is 1. The molecule has 6 nitrogen and oxygen atoms in total. The lowest BCUT2D eigenvalue weighted by Gasteiger charge is -2.27. The molecule has 0 bridgehead atoms. The molecule has 1 heterocycles. The maximum Gasteiger partial charge on any atom is 0.290 e. The Hall–Kier alpha value is -2.70. The Morgan fingerprint density at radius 3 is 2.57 bits per heavy atom. The number of Topliss-reactive ketones (excluding diaryl/α,β-unsaturated/α-hetero) is 1. The number of aliphatic hydroxyl groups is 1. The highest BCUT2D eigenvalue weighted by molar-refractivity contribution is 6.08. The Bertz CT molecular complexity index is 697. The lowest BCUT2D eigenvalue weighted by Crippen LogP contribution is -2.33. The molecule has 0 spiro atoms. The van der Waals surface area contributed by atoms with Crippen LogP contribution in [0.4, 0.5) is 4.39 Å². The Labute approximate surface area is 131 Å². The summed E-state index contributed by atoms with van der Waals surface area (Å²) in [5.74, 6) is -3.99. The molecular weight excluding hydrogens is 305 g/mol. The number of ketones is 1. The summed E-state index contributed by atoms with van der Waals surface area (Å²) in [7, 11) is 0. The van der Waals surface area contributed by atoms with Crippen molar-refractivity contribution < 1.29 is 29.0 Å². The van der Waals surface area contributed by atoms with Crippen molar-refractivity contribution in [1.82, 2.24) is 4.90 Å². The number of carboxylic acid groups (broad SMARTS) is 1. The highest BCUT2D eigenvalue weighted by atomic mass is 19.1. The second-order valence-electron chi connectivity index (χ2n) is 5.22. The minimum absolute atomic E-state index is 0.0490. The van der Waals surface area contributed by atoms with Crippen LogP contribution in [-0.2, 0) is 14.4 Å². The maximum absolute atomic E-state index is 14.1. The van der Waals surface area contributed by atoms with E-state index < -0.39 is 35.3 Å². The lowest BCUT2D eigenvalue weighted by atomic mass is 9.96. The SMILES string of the molecule is CC(=O)C1=C(O)C(=O)N(CCCC(=O)[O-])[C@@H]1c1ccccc1F. The minimum Gasteiger partial charge on any atom is -0.550 e. The van der Waals surface area contributed by atoms with E-state index in [0.717, 1.165) is 4.90 Å². The Morgan fingerprint density at radius 2 is 2.00 bits per heavy atom. The van der Waals surface area contributed by atoms with E-state index in [2.05, 4.69) is 0 Å². The smallest absolute Gasteiger partial charge is 0.290 e. The molecule has 0 saturated carbocycles. The Balaban J connectivity index is 2.41. The monoisotopic (exact) mass is 320 g/mol. The average Bonchev–Trinajstić information content (AvgIpc) is 2.72. The number of halogens is 1. The molecule has 1 amide bonds. The summed E-state index contributed by atoms with van der Waals surface area (Å²) in [5, 5.41) is 20.5. The molecule has 1 aromatic rings. The first kappa shape index (κ1) is 16.7. The number of hydrogen-bond donors (Lipinski definition) is 1. The second-order valence-corrected chi connectivity index (χ2v) is 5.22. The number of hydrogen-bond acceptors (Lipinski definition) is 5. The van der Waals surface area contributed by atoms with Crippen LogP contribution in [0.1, 0.15) is 31.4 Å². The molecule has 122 valence electrons. The van der Waals surface area contributed by atoms with Crippen molar-refractivity contribution >= 4 is 17.7 Å². The van der Waals surface area contributed by atoms with Gasteiger partial charge < -0.3 is 19.9 Å². The molecule has 1 atom stereocenters. The maximum atomic E-state index is 14.1. The number of aliphatic carboxylic acids is 1. The largest absolute Gasteiger partial charge is 0.550 e. The van der Waals surface area contributed by atoms with E-state index in [-0.39, 0.29) is 30.5 Å². The summed E-state index contributed by atoms with van der Waals surface area (Å²) in [6.07, 6.45) is -0.221. The van der Waals surface area contributed by atoms with E-state index in [1.54, 1.807) is 6.07 Å². The summed E-state index contributed by atoms with van der Waals surface area (Å²) >= 11 is 0. The number of carbonyl (C=O) groups excluding carboxylic acids is 3. The fraction of sp³-hybridized carbons (Fsp3) is 0.312. The van der Waals surface area contributed by atoms with Crippen LogP contribution in [0.25, 0.3) is 0 Å². The van der Waals surface area contributed by atoms with Gasteiger partial charge in [-0.15, -0.1) is 0 Å².